The maximum atomic E-state index is 9.80. The topological polar surface area (TPSA) is 49.5 Å². The molecular formula is C15H26N2O. The van der Waals surface area contributed by atoms with E-state index in [0.29, 0.717) is 0 Å². The molecule has 0 bridgehead atoms. The molecular weight excluding hydrogens is 224 g/mol. The van der Waals surface area contributed by atoms with E-state index in [1.165, 1.54) is 5.56 Å². The second-order valence-corrected chi connectivity index (χ2v) is 5.58. The van der Waals surface area contributed by atoms with Crippen LogP contribution in [0.5, 0.6) is 0 Å². The Kier molecular flexibility index (Phi) is 5.63. The number of hydrogen-bond donors (Lipinski definition) is 2. The van der Waals surface area contributed by atoms with Crippen LogP contribution in [0.15, 0.2) is 24.3 Å². The van der Waals surface area contributed by atoms with Gasteiger partial charge in [-0.25, -0.2) is 0 Å². The summed E-state index contributed by atoms with van der Waals surface area (Å²) in [6, 6.07) is 8.02. The molecule has 3 N–H and O–H groups in total. The van der Waals surface area contributed by atoms with Crippen molar-refractivity contribution < 1.29 is 5.11 Å². The van der Waals surface area contributed by atoms with Crippen molar-refractivity contribution in [3.05, 3.63) is 29.8 Å². The first-order valence-electron chi connectivity index (χ1n) is 6.70. The number of rotatable bonds is 7. The largest absolute Gasteiger partial charge is 0.399 e. The van der Waals surface area contributed by atoms with Crippen LogP contribution in [0.25, 0.3) is 0 Å². The number of nitrogen functional groups attached to an aromatic ring is 1. The second-order valence-electron chi connectivity index (χ2n) is 5.58. The van der Waals surface area contributed by atoms with Gasteiger partial charge < -0.3 is 10.8 Å². The van der Waals surface area contributed by atoms with Gasteiger partial charge in [0.25, 0.3) is 0 Å². The van der Waals surface area contributed by atoms with Gasteiger partial charge in [0.05, 0.1) is 5.60 Å². The summed E-state index contributed by atoms with van der Waals surface area (Å²) >= 11 is 0. The average Bonchev–Trinajstić information content (AvgIpc) is 2.25. The Balaban J connectivity index is 2.57. The number of nitrogens with zero attached hydrogens (tertiary/aromatic N) is 1. The van der Waals surface area contributed by atoms with Crippen molar-refractivity contribution in [2.75, 3.05) is 18.8 Å². The van der Waals surface area contributed by atoms with E-state index >= 15 is 0 Å². The molecule has 0 amide bonds. The van der Waals surface area contributed by atoms with Crippen LogP contribution < -0.4 is 5.73 Å². The molecule has 1 aromatic rings. The molecule has 0 unspecified atom stereocenters. The van der Waals surface area contributed by atoms with Gasteiger partial charge in [0.2, 0.25) is 0 Å². The fourth-order valence-electron chi connectivity index (χ4n) is 1.97. The SMILES string of the molecule is CCCN(CCC(C)(C)O)Cc1cccc(N)c1. The minimum atomic E-state index is -0.596. The van der Waals surface area contributed by atoms with Gasteiger partial charge in [-0.1, -0.05) is 19.1 Å². The van der Waals surface area contributed by atoms with Gasteiger partial charge in [-0.3, -0.25) is 4.90 Å². The van der Waals surface area contributed by atoms with Crippen LogP contribution in [0, 0.1) is 0 Å². The van der Waals surface area contributed by atoms with Gasteiger partial charge in [-0.2, -0.15) is 0 Å². The third kappa shape index (κ3) is 6.03. The number of benzene rings is 1. The van der Waals surface area contributed by atoms with Crippen molar-refractivity contribution in [1.82, 2.24) is 4.90 Å². The molecule has 0 radical (unpaired) electrons. The monoisotopic (exact) mass is 250 g/mol. The molecule has 0 fully saturated rings. The van der Waals surface area contributed by atoms with Gasteiger partial charge in [0, 0.05) is 18.8 Å². The fraction of sp³-hybridized carbons (Fsp3) is 0.600. The summed E-state index contributed by atoms with van der Waals surface area (Å²) in [5.41, 5.74) is 7.24. The van der Waals surface area contributed by atoms with Crippen LogP contribution in [0.3, 0.4) is 0 Å². The third-order valence-electron chi connectivity index (χ3n) is 2.94. The molecule has 0 saturated heterocycles. The van der Waals surface area contributed by atoms with Crippen LogP contribution in [-0.4, -0.2) is 28.7 Å². The Morgan fingerprint density at radius 2 is 2.00 bits per heavy atom. The maximum absolute atomic E-state index is 9.80. The number of aliphatic hydroxyl groups is 1. The highest BCUT2D eigenvalue weighted by Gasteiger charge is 2.15. The molecule has 0 aliphatic heterocycles. The lowest BCUT2D eigenvalue weighted by molar-refractivity contribution is 0.0565. The first-order valence-corrected chi connectivity index (χ1v) is 6.70. The smallest absolute Gasteiger partial charge is 0.0603 e. The van der Waals surface area contributed by atoms with Crippen LogP contribution in [0.4, 0.5) is 5.69 Å². The molecule has 0 aromatic heterocycles. The number of nitrogens with two attached hydrogens (primary N) is 1. The summed E-state index contributed by atoms with van der Waals surface area (Å²) in [5.74, 6) is 0. The minimum Gasteiger partial charge on any atom is -0.399 e. The molecule has 102 valence electrons. The highest BCUT2D eigenvalue weighted by Crippen LogP contribution is 2.13. The van der Waals surface area contributed by atoms with Crippen LogP contribution in [0.1, 0.15) is 39.2 Å². The molecule has 0 aliphatic rings. The van der Waals surface area contributed by atoms with E-state index in [4.69, 9.17) is 5.73 Å². The van der Waals surface area contributed by atoms with E-state index in [1.807, 2.05) is 32.0 Å². The quantitative estimate of drug-likeness (QED) is 0.731. The zero-order valence-electron chi connectivity index (χ0n) is 11.8. The molecule has 0 heterocycles. The summed E-state index contributed by atoms with van der Waals surface area (Å²) in [6.07, 6.45) is 1.91. The Morgan fingerprint density at radius 1 is 1.28 bits per heavy atom. The van der Waals surface area contributed by atoms with Crippen LogP contribution in [-0.2, 0) is 6.54 Å². The van der Waals surface area contributed by atoms with Crippen molar-refractivity contribution in [3.8, 4) is 0 Å². The molecule has 3 heteroatoms. The number of anilines is 1. The summed E-state index contributed by atoms with van der Waals surface area (Å²) in [7, 11) is 0. The average molecular weight is 250 g/mol. The summed E-state index contributed by atoms with van der Waals surface area (Å²) in [6.45, 7) is 8.75. The molecule has 0 aliphatic carbocycles. The van der Waals surface area contributed by atoms with Gasteiger partial charge in [-0.05, 0) is 50.9 Å². The summed E-state index contributed by atoms with van der Waals surface area (Å²) in [4.78, 5) is 2.37. The second kappa shape index (κ2) is 6.76. The Bertz CT molecular complexity index is 358. The third-order valence-corrected chi connectivity index (χ3v) is 2.94. The predicted molar refractivity (Wildman–Crippen MR) is 77.3 cm³/mol. The van der Waals surface area contributed by atoms with Crippen LogP contribution in [0.2, 0.25) is 0 Å². The lowest BCUT2D eigenvalue weighted by atomic mass is 10.1. The van der Waals surface area contributed by atoms with E-state index in [0.717, 1.165) is 38.2 Å². The van der Waals surface area contributed by atoms with Gasteiger partial charge >= 0.3 is 0 Å². The number of hydrogen-bond acceptors (Lipinski definition) is 3. The van der Waals surface area contributed by atoms with Crippen molar-refractivity contribution in [3.63, 3.8) is 0 Å². The van der Waals surface area contributed by atoms with Crippen molar-refractivity contribution in [1.29, 1.82) is 0 Å². The first kappa shape index (κ1) is 15.0. The van der Waals surface area contributed by atoms with Gasteiger partial charge in [0.1, 0.15) is 0 Å². The summed E-state index contributed by atoms with van der Waals surface area (Å²) < 4.78 is 0. The molecule has 1 rings (SSSR count). The normalized spacial score (nSPS) is 12.1. The Morgan fingerprint density at radius 3 is 2.56 bits per heavy atom. The van der Waals surface area contributed by atoms with Crippen molar-refractivity contribution in [2.45, 2.75) is 45.8 Å². The zero-order chi connectivity index (χ0) is 13.6. The minimum absolute atomic E-state index is 0.596. The molecule has 0 atom stereocenters. The van der Waals surface area contributed by atoms with E-state index in [2.05, 4.69) is 17.9 Å². The van der Waals surface area contributed by atoms with Gasteiger partial charge in [0.15, 0.2) is 0 Å². The van der Waals surface area contributed by atoms with Crippen molar-refractivity contribution >= 4 is 5.69 Å². The first-order chi connectivity index (χ1) is 8.40. The Labute approximate surface area is 111 Å². The Hall–Kier alpha value is -1.06. The molecule has 18 heavy (non-hydrogen) atoms. The van der Waals surface area contributed by atoms with E-state index < -0.39 is 5.60 Å². The molecule has 3 nitrogen and oxygen atoms in total. The highest BCUT2D eigenvalue weighted by atomic mass is 16.3. The highest BCUT2D eigenvalue weighted by molar-refractivity contribution is 5.40. The van der Waals surface area contributed by atoms with Gasteiger partial charge in [-0.15, -0.1) is 0 Å². The summed E-state index contributed by atoms with van der Waals surface area (Å²) in [5, 5.41) is 9.80. The van der Waals surface area contributed by atoms with Crippen LogP contribution >= 0.6 is 0 Å². The fourth-order valence-corrected chi connectivity index (χ4v) is 1.97. The molecule has 0 spiro atoms. The van der Waals surface area contributed by atoms with Crippen molar-refractivity contribution in [2.24, 2.45) is 0 Å². The predicted octanol–water partition coefficient (Wildman–Crippen LogP) is 2.64. The lowest BCUT2D eigenvalue weighted by Gasteiger charge is -2.26. The van der Waals surface area contributed by atoms with E-state index in [1.54, 1.807) is 0 Å². The van der Waals surface area contributed by atoms with E-state index in [-0.39, 0.29) is 0 Å². The van der Waals surface area contributed by atoms with E-state index in [9.17, 15) is 5.11 Å². The maximum Gasteiger partial charge on any atom is 0.0603 e. The zero-order valence-corrected chi connectivity index (χ0v) is 11.8. The molecule has 0 saturated carbocycles. The standard InChI is InChI=1S/C15H26N2O/c1-4-9-17(10-8-15(2,3)18)12-13-6-5-7-14(16)11-13/h5-7,11,18H,4,8-10,12,16H2,1-3H3. The molecule has 1 aromatic carbocycles. The lowest BCUT2D eigenvalue weighted by Crippen LogP contribution is -2.31.